The highest BCUT2D eigenvalue weighted by Gasteiger charge is 2.47. The van der Waals surface area contributed by atoms with Gasteiger partial charge in [-0.3, -0.25) is 4.79 Å². The summed E-state index contributed by atoms with van der Waals surface area (Å²) in [6, 6.07) is 0.755. The molecule has 4 fully saturated rings. The van der Waals surface area contributed by atoms with E-state index in [0.717, 1.165) is 31.0 Å². The van der Waals surface area contributed by atoms with Crippen molar-refractivity contribution >= 4 is 5.91 Å². The molecule has 4 aliphatic rings. The summed E-state index contributed by atoms with van der Waals surface area (Å²) in [6.45, 7) is 4.64. The van der Waals surface area contributed by atoms with Crippen molar-refractivity contribution in [1.82, 2.24) is 9.80 Å². The molecule has 3 nitrogen and oxygen atoms in total. The standard InChI is InChI=1S/C18H30N2O/c21-18(17(14-5-6-14)15-7-8-15)20-12-3-4-16(9-13-20)19-10-1-2-11-19/h14-17H,1-13H2. The van der Waals surface area contributed by atoms with E-state index in [1.165, 1.54) is 70.9 Å². The normalized spacial score (nSPS) is 31.7. The summed E-state index contributed by atoms with van der Waals surface area (Å²) < 4.78 is 0. The summed E-state index contributed by atoms with van der Waals surface area (Å²) in [7, 11) is 0. The van der Waals surface area contributed by atoms with E-state index < -0.39 is 0 Å². The van der Waals surface area contributed by atoms with Gasteiger partial charge in [-0.25, -0.2) is 0 Å². The topological polar surface area (TPSA) is 23.6 Å². The van der Waals surface area contributed by atoms with E-state index in [2.05, 4.69) is 9.80 Å². The maximum absolute atomic E-state index is 13.0. The van der Waals surface area contributed by atoms with Crippen LogP contribution in [-0.2, 0) is 4.79 Å². The second-order valence-electron chi connectivity index (χ2n) is 7.85. The Morgan fingerprint density at radius 1 is 0.762 bits per heavy atom. The second kappa shape index (κ2) is 5.91. The molecular formula is C18H30N2O. The zero-order chi connectivity index (χ0) is 14.2. The van der Waals surface area contributed by atoms with Crippen LogP contribution in [0.4, 0.5) is 0 Å². The van der Waals surface area contributed by atoms with E-state index in [1.807, 2.05) is 0 Å². The molecular weight excluding hydrogens is 260 g/mol. The Bertz CT molecular complexity index is 371. The maximum Gasteiger partial charge on any atom is 0.226 e. The first-order valence-corrected chi connectivity index (χ1v) is 9.36. The molecule has 0 radical (unpaired) electrons. The zero-order valence-corrected chi connectivity index (χ0v) is 13.3. The van der Waals surface area contributed by atoms with Gasteiger partial charge in [-0.1, -0.05) is 0 Å². The zero-order valence-electron chi connectivity index (χ0n) is 13.3. The van der Waals surface area contributed by atoms with E-state index in [4.69, 9.17) is 0 Å². The molecule has 3 heteroatoms. The first kappa shape index (κ1) is 14.0. The van der Waals surface area contributed by atoms with Gasteiger partial charge in [0, 0.05) is 25.0 Å². The minimum absolute atomic E-state index is 0.410. The molecule has 2 aliphatic heterocycles. The molecule has 0 aromatic heterocycles. The van der Waals surface area contributed by atoms with Crippen LogP contribution in [-0.4, -0.2) is 47.9 Å². The molecule has 0 N–H and O–H groups in total. The number of rotatable bonds is 4. The van der Waals surface area contributed by atoms with Crippen LogP contribution >= 0.6 is 0 Å². The Hall–Kier alpha value is -0.570. The Labute approximate surface area is 129 Å². The van der Waals surface area contributed by atoms with Gasteiger partial charge in [0.15, 0.2) is 0 Å². The first-order valence-electron chi connectivity index (χ1n) is 9.36. The van der Waals surface area contributed by atoms with E-state index in [0.29, 0.717) is 11.8 Å². The molecule has 2 saturated carbocycles. The average molecular weight is 290 g/mol. The Morgan fingerprint density at radius 2 is 1.43 bits per heavy atom. The first-order chi connectivity index (χ1) is 10.3. The predicted octanol–water partition coefficient (Wildman–Crippen LogP) is 2.90. The Kier molecular flexibility index (Phi) is 3.95. The molecule has 0 bridgehead atoms. The van der Waals surface area contributed by atoms with Crippen molar-refractivity contribution in [2.24, 2.45) is 17.8 Å². The van der Waals surface area contributed by atoms with Crippen molar-refractivity contribution < 1.29 is 4.79 Å². The quantitative estimate of drug-likeness (QED) is 0.795. The molecule has 2 saturated heterocycles. The summed E-state index contributed by atoms with van der Waals surface area (Å²) in [5.74, 6) is 2.45. The molecule has 21 heavy (non-hydrogen) atoms. The molecule has 0 aromatic carbocycles. The van der Waals surface area contributed by atoms with Crippen molar-refractivity contribution in [3.63, 3.8) is 0 Å². The van der Waals surface area contributed by atoms with E-state index in [-0.39, 0.29) is 0 Å². The highest BCUT2D eigenvalue weighted by Crippen LogP contribution is 2.50. The van der Waals surface area contributed by atoms with Gasteiger partial charge in [0.2, 0.25) is 5.91 Å². The van der Waals surface area contributed by atoms with Crippen LogP contribution in [0.3, 0.4) is 0 Å². The lowest BCUT2D eigenvalue weighted by atomic mass is 9.96. The van der Waals surface area contributed by atoms with Gasteiger partial charge in [0.05, 0.1) is 0 Å². The third-order valence-electron chi connectivity index (χ3n) is 6.21. The summed E-state index contributed by atoms with van der Waals surface area (Å²) in [6.07, 6.45) is 11.8. The van der Waals surface area contributed by atoms with Gasteiger partial charge < -0.3 is 9.80 Å². The number of hydrogen-bond acceptors (Lipinski definition) is 2. The van der Waals surface area contributed by atoms with E-state index >= 15 is 0 Å². The fraction of sp³-hybridized carbons (Fsp3) is 0.944. The number of carbonyl (C=O) groups is 1. The van der Waals surface area contributed by atoms with Crippen molar-refractivity contribution in [2.45, 2.75) is 63.8 Å². The molecule has 0 aromatic rings. The van der Waals surface area contributed by atoms with Crippen LogP contribution in [0.5, 0.6) is 0 Å². The summed E-state index contributed by atoms with van der Waals surface area (Å²) in [5, 5.41) is 0. The monoisotopic (exact) mass is 290 g/mol. The van der Waals surface area contributed by atoms with E-state index in [1.54, 1.807) is 0 Å². The highest BCUT2D eigenvalue weighted by atomic mass is 16.2. The highest BCUT2D eigenvalue weighted by molar-refractivity contribution is 5.80. The van der Waals surface area contributed by atoms with Gasteiger partial charge in [0.1, 0.15) is 0 Å². The van der Waals surface area contributed by atoms with Gasteiger partial charge in [0.25, 0.3) is 0 Å². The van der Waals surface area contributed by atoms with Crippen LogP contribution in [0.15, 0.2) is 0 Å². The lowest BCUT2D eigenvalue weighted by Gasteiger charge is -2.28. The van der Waals surface area contributed by atoms with Crippen molar-refractivity contribution in [3.8, 4) is 0 Å². The van der Waals surface area contributed by atoms with Crippen LogP contribution in [0.2, 0.25) is 0 Å². The largest absolute Gasteiger partial charge is 0.342 e. The molecule has 2 heterocycles. The van der Waals surface area contributed by atoms with Crippen molar-refractivity contribution in [2.75, 3.05) is 26.2 Å². The number of nitrogens with zero attached hydrogens (tertiary/aromatic N) is 2. The summed E-state index contributed by atoms with van der Waals surface area (Å²) in [5.41, 5.74) is 0. The molecule has 1 amide bonds. The van der Waals surface area contributed by atoms with Crippen LogP contribution in [0, 0.1) is 17.8 Å². The summed E-state index contributed by atoms with van der Waals surface area (Å²) >= 11 is 0. The lowest BCUT2D eigenvalue weighted by Crippen LogP contribution is -2.39. The van der Waals surface area contributed by atoms with Gasteiger partial charge in [-0.2, -0.15) is 0 Å². The average Bonchev–Trinajstić information content (AvgIpc) is 3.40. The van der Waals surface area contributed by atoms with Gasteiger partial charge in [-0.05, 0) is 82.7 Å². The minimum Gasteiger partial charge on any atom is -0.342 e. The fourth-order valence-corrected chi connectivity index (χ4v) is 4.68. The number of likely N-dealkylation sites (tertiary alicyclic amines) is 2. The molecule has 1 atom stereocenters. The number of amides is 1. The molecule has 2 aliphatic carbocycles. The smallest absolute Gasteiger partial charge is 0.226 e. The number of hydrogen-bond donors (Lipinski definition) is 0. The number of carbonyl (C=O) groups excluding carboxylic acids is 1. The molecule has 4 rings (SSSR count). The SMILES string of the molecule is O=C(C(C1CC1)C1CC1)N1CCCC(N2CCCC2)CC1. The van der Waals surface area contributed by atoms with E-state index in [9.17, 15) is 4.79 Å². The second-order valence-corrected chi connectivity index (χ2v) is 7.85. The summed E-state index contributed by atoms with van der Waals surface area (Å²) in [4.78, 5) is 17.9. The third kappa shape index (κ3) is 3.13. The fourth-order valence-electron chi connectivity index (χ4n) is 4.68. The van der Waals surface area contributed by atoms with Crippen molar-refractivity contribution in [3.05, 3.63) is 0 Å². The maximum atomic E-state index is 13.0. The lowest BCUT2D eigenvalue weighted by molar-refractivity contribution is -0.137. The minimum atomic E-state index is 0.410. The van der Waals surface area contributed by atoms with Crippen LogP contribution < -0.4 is 0 Å². The molecule has 118 valence electrons. The Morgan fingerprint density at radius 3 is 2.05 bits per heavy atom. The Balaban J connectivity index is 1.35. The van der Waals surface area contributed by atoms with Crippen LogP contribution in [0.25, 0.3) is 0 Å². The van der Waals surface area contributed by atoms with Gasteiger partial charge >= 0.3 is 0 Å². The molecule has 0 spiro atoms. The third-order valence-corrected chi connectivity index (χ3v) is 6.21. The molecule has 1 unspecified atom stereocenters. The predicted molar refractivity (Wildman–Crippen MR) is 84.0 cm³/mol. The van der Waals surface area contributed by atoms with Crippen molar-refractivity contribution in [1.29, 1.82) is 0 Å². The van der Waals surface area contributed by atoms with Crippen LogP contribution in [0.1, 0.15) is 57.8 Å². The van der Waals surface area contributed by atoms with Gasteiger partial charge in [-0.15, -0.1) is 0 Å².